The molecule has 9 heteroatoms. The minimum atomic E-state index is -0.858. The van der Waals surface area contributed by atoms with Crippen molar-refractivity contribution in [2.24, 2.45) is 11.8 Å². The van der Waals surface area contributed by atoms with Gasteiger partial charge in [0, 0.05) is 11.8 Å². The second-order valence-electron chi connectivity index (χ2n) is 7.91. The van der Waals surface area contributed by atoms with E-state index < -0.39 is 29.5 Å². The molecular weight excluding hydrogens is 402 g/mol. The summed E-state index contributed by atoms with van der Waals surface area (Å²) in [6.07, 6.45) is 3.22. The summed E-state index contributed by atoms with van der Waals surface area (Å²) in [7, 11) is 0. The predicted octanol–water partition coefficient (Wildman–Crippen LogP) is 2.08. The minimum absolute atomic E-state index is 0.222. The van der Waals surface area contributed by atoms with Gasteiger partial charge in [0.1, 0.15) is 11.4 Å². The first-order chi connectivity index (χ1) is 14.9. The van der Waals surface area contributed by atoms with Crippen LogP contribution in [0.1, 0.15) is 23.0 Å². The highest BCUT2D eigenvalue weighted by atomic mass is 16.5. The summed E-state index contributed by atoms with van der Waals surface area (Å²) in [5.74, 6) is -1.38. The van der Waals surface area contributed by atoms with E-state index >= 15 is 0 Å². The Labute approximate surface area is 178 Å². The Bertz CT molecular complexity index is 1110. The first kappa shape index (κ1) is 19.5. The fourth-order valence-electron chi connectivity index (χ4n) is 4.64. The highest BCUT2D eigenvalue weighted by molar-refractivity contribution is 6.05. The Morgan fingerprint density at radius 3 is 2.94 bits per heavy atom. The lowest BCUT2D eigenvalue weighted by molar-refractivity contribution is -0.128. The van der Waals surface area contributed by atoms with Crippen molar-refractivity contribution in [1.82, 2.24) is 5.16 Å². The molecule has 1 aromatic carbocycles. The van der Waals surface area contributed by atoms with Gasteiger partial charge in [-0.05, 0) is 32.0 Å². The molecule has 0 unspecified atom stereocenters. The number of benzene rings is 1. The van der Waals surface area contributed by atoms with Gasteiger partial charge in [0.15, 0.2) is 5.82 Å². The molecule has 2 bridgehead atoms. The van der Waals surface area contributed by atoms with Crippen molar-refractivity contribution in [2.75, 3.05) is 23.4 Å². The van der Waals surface area contributed by atoms with Gasteiger partial charge < -0.3 is 19.3 Å². The molecule has 9 nitrogen and oxygen atoms in total. The zero-order chi connectivity index (χ0) is 21.8. The molecule has 0 aliphatic carbocycles. The van der Waals surface area contributed by atoms with Crippen molar-refractivity contribution in [3.8, 4) is 0 Å². The van der Waals surface area contributed by atoms with Crippen LogP contribution in [0, 0.1) is 18.8 Å². The lowest BCUT2D eigenvalue weighted by Gasteiger charge is -2.23. The number of carbonyl (C=O) groups excluding carboxylic acids is 3. The van der Waals surface area contributed by atoms with E-state index in [0.29, 0.717) is 22.8 Å². The van der Waals surface area contributed by atoms with Crippen LogP contribution in [0.25, 0.3) is 0 Å². The van der Waals surface area contributed by atoms with Gasteiger partial charge in [0.25, 0.3) is 0 Å². The molecule has 2 amide bonds. The van der Waals surface area contributed by atoms with E-state index in [1.807, 2.05) is 12.2 Å². The van der Waals surface area contributed by atoms with Crippen molar-refractivity contribution in [2.45, 2.75) is 25.6 Å². The Morgan fingerprint density at radius 2 is 2.19 bits per heavy atom. The number of amides is 2. The van der Waals surface area contributed by atoms with Crippen LogP contribution in [-0.2, 0) is 19.1 Å². The average Bonchev–Trinajstić information content (AvgIpc) is 3.49. The van der Waals surface area contributed by atoms with Crippen LogP contribution in [0.4, 0.5) is 11.5 Å². The van der Waals surface area contributed by atoms with Gasteiger partial charge in [0.05, 0.1) is 36.7 Å². The Hall–Kier alpha value is -3.46. The third-order valence-corrected chi connectivity index (χ3v) is 5.94. The molecule has 3 aliphatic rings. The monoisotopic (exact) mass is 423 g/mol. The molecule has 3 aliphatic heterocycles. The number of aromatic nitrogens is 1. The van der Waals surface area contributed by atoms with Crippen molar-refractivity contribution in [3.05, 3.63) is 53.8 Å². The van der Waals surface area contributed by atoms with Crippen LogP contribution < -0.4 is 10.2 Å². The zero-order valence-corrected chi connectivity index (χ0v) is 17.0. The minimum Gasteiger partial charge on any atom is -0.462 e. The molecule has 4 heterocycles. The molecule has 1 N–H and O–H groups in total. The molecule has 2 fully saturated rings. The number of esters is 1. The van der Waals surface area contributed by atoms with Gasteiger partial charge in [-0.3, -0.25) is 14.5 Å². The number of fused-ring (bicyclic) bond motifs is 1. The quantitative estimate of drug-likeness (QED) is 0.579. The third-order valence-electron chi connectivity index (χ3n) is 5.94. The lowest BCUT2D eigenvalue weighted by Crippen LogP contribution is -2.41. The smallest absolute Gasteiger partial charge is 0.338 e. The molecule has 1 spiro atoms. The van der Waals surface area contributed by atoms with E-state index in [1.165, 1.54) is 4.90 Å². The largest absolute Gasteiger partial charge is 0.462 e. The molecule has 0 saturated carbocycles. The van der Waals surface area contributed by atoms with Crippen molar-refractivity contribution in [1.29, 1.82) is 0 Å². The summed E-state index contributed by atoms with van der Waals surface area (Å²) in [4.78, 5) is 39.9. The van der Waals surface area contributed by atoms with Crippen LogP contribution in [0.15, 0.2) is 47.0 Å². The standard InChI is InChI=1S/C22H21N3O6/c1-3-29-21(28)13-5-4-6-14(10-13)23-19(26)17-15-7-8-22(30-15)11-25(20(27)18(17)22)16-9-12(2)31-24-16/h4-10,15,17-18H,3,11H2,1-2H3,(H,23,26)/t15-,17-,18-,22-/m1/s1. The second kappa shape index (κ2) is 7.05. The maximum Gasteiger partial charge on any atom is 0.338 e. The molecule has 5 rings (SSSR count). The number of aryl methyl sites for hydroxylation is 1. The van der Waals surface area contributed by atoms with E-state index in [2.05, 4.69) is 10.5 Å². The number of anilines is 2. The predicted molar refractivity (Wildman–Crippen MR) is 108 cm³/mol. The summed E-state index contributed by atoms with van der Waals surface area (Å²) < 4.78 is 16.2. The maximum absolute atomic E-state index is 13.3. The van der Waals surface area contributed by atoms with E-state index in [4.69, 9.17) is 14.0 Å². The zero-order valence-electron chi connectivity index (χ0n) is 17.0. The number of nitrogens with zero attached hydrogens (tertiary/aromatic N) is 2. The molecule has 0 radical (unpaired) electrons. The summed E-state index contributed by atoms with van der Waals surface area (Å²) in [6.45, 7) is 4.01. The number of ether oxygens (including phenoxy) is 2. The number of rotatable bonds is 5. The number of hydrogen-bond donors (Lipinski definition) is 1. The van der Waals surface area contributed by atoms with E-state index in [0.717, 1.165) is 0 Å². The van der Waals surface area contributed by atoms with Gasteiger partial charge in [0.2, 0.25) is 11.8 Å². The normalized spacial score (nSPS) is 28.1. The van der Waals surface area contributed by atoms with Gasteiger partial charge in [-0.1, -0.05) is 23.4 Å². The lowest BCUT2D eigenvalue weighted by atomic mass is 9.76. The van der Waals surface area contributed by atoms with Gasteiger partial charge >= 0.3 is 5.97 Å². The molecular formula is C22H21N3O6. The van der Waals surface area contributed by atoms with Gasteiger partial charge in [-0.2, -0.15) is 0 Å². The van der Waals surface area contributed by atoms with Crippen LogP contribution in [0.5, 0.6) is 0 Å². The number of nitrogens with one attached hydrogen (secondary N) is 1. The first-order valence-electron chi connectivity index (χ1n) is 10.1. The van der Waals surface area contributed by atoms with E-state index in [1.54, 1.807) is 44.2 Å². The molecule has 31 heavy (non-hydrogen) atoms. The third kappa shape index (κ3) is 3.04. The second-order valence-corrected chi connectivity index (χ2v) is 7.91. The van der Waals surface area contributed by atoms with Crippen LogP contribution in [0.2, 0.25) is 0 Å². The summed E-state index contributed by atoms with van der Waals surface area (Å²) >= 11 is 0. The fraction of sp³-hybridized carbons (Fsp3) is 0.364. The fourth-order valence-corrected chi connectivity index (χ4v) is 4.64. The number of hydrogen-bond acceptors (Lipinski definition) is 7. The van der Waals surface area contributed by atoms with Crippen LogP contribution >= 0.6 is 0 Å². The van der Waals surface area contributed by atoms with Gasteiger partial charge in [-0.25, -0.2) is 4.79 Å². The maximum atomic E-state index is 13.3. The average molecular weight is 423 g/mol. The topological polar surface area (TPSA) is 111 Å². The van der Waals surface area contributed by atoms with Gasteiger partial charge in [-0.15, -0.1) is 0 Å². The number of carbonyl (C=O) groups is 3. The molecule has 2 saturated heterocycles. The molecule has 2 aromatic rings. The summed E-state index contributed by atoms with van der Waals surface area (Å²) in [6, 6.07) is 8.19. The van der Waals surface area contributed by atoms with E-state index in [-0.39, 0.29) is 25.0 Å². The first-order valence-corrected chi connectivity index (χ1v) is 10.1. The molecule has 1 aromatic heterocycles. The van der Waals surface area contributed by atoms with Crippen molar-refractivity contribution < 1.29 is 28.4 Å². The van der Waals surface area contributed by atoms with E-state index in [9.17, 15) is 14.4 Å². The van der Waals surface area contributed by atoms with Crippen molar-refractivity contribution in [3.63, 3.8) is 0 Å². The molecule has 160 valence electrons. The highest BCUT2D eigenvalue weighted by Crippen LogP contribution is 2.52. The van der Waals surface area contributed by atoms with Crippen LogP contribution in [0.3, 0.4) is 0 Å². The molecule has 4 atom stereocenters. The SMILES string of the molecule is CCOC(=O)c1cccc(NC(=O)[C@@H]2[C@H]3C=C[C@]4(CN(c5cc(C)on5)C(=O)[C@@H]24)O3)c1. The Balaban J connectivity index is 1.38. The summed E-state index contributed by atoms with van der Waals surface area (Å²) in [5.41, 5.74) is -0.0702. The highest BCUT2D eigenvalue weighted by Gasteiger charge is 2.67. The Morgan fingerprint density at radius 1 is 1.35 bits per heavy atom. The van der Waals surface area contributed by atoms with Crippen LogP contribution in [-0.4, -0.2) is 47.8 Å². The van der Waals surface area contributed by atoms with Crippen molar-refractivity contribution >= 4 is 29.3 Å². The summed E-state index contributed by atoms with van der Waals surface area (Å²) in [5, 5.41) is 6.77. The Kier molecular flexibility index (Phi) is 4.44.